The molecule has 1 aromatic rings. The van der Waals surface area contributed by atoms with Gasteiger partial charge in [-0.3, -0.25) is 4.31 Å². The lowest BCUT2D eigenvalue weighted by molar-refractivity contribution is 0.192. The number of rotatable bonds is 10. The molecule has 1 atom stereocenters. The summed E-state index contributed by atoms with van der Waals surface area (Å²) in [4.78, 5) is 0. The quantitative estimate of drug-likeness (QED) is 0.504. The summed E-state index contributed by atoms with van der Waals surface area (Å²) in [5.74, 6) is 0. The van der Waals surface area contributed by atoms with Crippen molar-refractivity contribution in [3.8, 4) is 0 Å². The molecule has 0 bridgehead atoms. The van der Waals surface area contributed by atoms with Crippen molar-refractivity contribution >= 4 is 26.8 Å². The molecule has 9 heteroatoms. The summed E-state index contributed by atoms with van der Waals surface area (Å²) in [5.41, 5.74) is 1.50. The molecule has 23 heavy (non-hydrogen) atoms. The van der Waals surface area contributed by atoms with E-state index in [1.165, 1.54) is 7.11 Å². The standard InChI is InChI=1S/C14H22FNO5S2/c1-12-5-7-13(8-6-12)16(22(17)18)10-3-4-14(9-11-21-2)23(15,19)20/h5-8,14,22H,3-4,9-11H2,1-2H3. The van der Waals surface area contributed by atoms with Crippen LogP contribution in [0, 0.1) is 6.92 Å². The average Bonchev–Trinajstić information content (AvgIpc) is 2.46. The number of nitrogens with zero attached hydrogens (tertiary/aromatic N) is 1. The first-order valence-electron chi connectivity index (χ1n) is 7.16. The zero-order valence-corrected chi connectivity index (χ0v) is 14.9. The van der Waals surface area contributed by atoms with Crippen LogP contribution < -0.4 is 4.31 Å². The number of aryl methyl sites for hydroxylation is 1. The number of halogens is 1. The molecule has 1 unspecified atom stereocenters. The second-order valence-electron chi connectivity index (χ2n) is 5.22. The van der Waals surface area contributed by atoms with Gasteiger partial charge >= 0.3 is 10.2 Å². The molecule has 0 heterocycles. The van der Waals surface area contributed by atoms with E-state index in [0.717, 1.165) is 9.87 Å². The third-order valence-electron chi connectivity index (χ3n) is 3.47. The topological polar surface area (TPSA) is 80.8 Å². The Morgan fingerprint density at radius 2 is 1.83 bits per heavy atom. The molecule has 6 nitrogen and oxygen atoms in total. The number of ether oxygens (including phenoxy) is 1. The molecule has 0 N–H and O–H groups in total. The van der Waals surface area contributed by atoms with Gasteiger partial charge in [-0.05, 0) is 38.3 Å². The van der Waals surface area contributed by atoms with Crippen LogP contribution in [0.4, 0.5) is 9.57 Å². The highest BCUT2D eigenvalue weighted by molar-refractivity contribution is 7.87. The number of benzene rings is 1. The first-order valence-corrected chi connectivity index (χ1v) is 9.74. The Hall–Kier alpha value is -1.19. The summed E-state index contributed by atoms with van der Waals surface area (Å²) < 4.78 is 64.1. The van der Waals surface area contributed by atoms with Crippen molar-refractivity contribution in [1.82, 2.24) is 0 Å². The largest absolute Gasteiger partial charge is 0.385 e. The number of anilines is 1. The Bertz CT molecular complexity index is 650. The highest BCUT2D eigenvalue weighted by atomic mass is 32.3. The Balaban J connectivity index is 2.70. The van der Waals surface area contributed by atoms with E-state index in [1.807, 2.05) is 6.92 Å². The van der Waals surface area contributed by atoms with Crippen molar-refractivity contribution in [1.29, 1.82) is 0 Å². The van der Waals surface area contributed by atoms with Crippen LogP contribution in [0.3, 0.4) is 0 Å². The smallest absolute Gasteiger partial charge is 0.305 e. The second kappa shape index (κ2) is 9.19. The summed E-state index contributed by atoms with van der Waals surface area (Å²) in [6.07, 6.45) is 0.311. The van der Waals surface area contributed by atoms with Gasteiger partial charge in [-0.2, -0.15) is 8.42 Å². The van der Waals surface area contributed by atoms with E-state index >= 15 is 0 Å². The van der Waals surface area contributed by atoms with E-state index in [1.54, 1.807) is 24.3 Å². The van der Waals surface area contributed by atoms with E-state index in [-0.39, 0.29) is 32.4 Å². The van der Waals surface area contributed by atoms with Gasteiger partial charge in [-0.15, -0.1) is 3.89 Å². The van der Waals surface area contributed by atoms with Crippen molar-refractivity contribution in [2.45, 2.75) is 31.4 Å². The highest BCUT2D eigenvalue weighted by Gasteiger charge is 2.24. The Morgan fingerprint density at radius 3 is 2.30 bits per heavy atom. The van der Waals surface area contributed by atoms with Gasteiger partial charge in [-0.1, -0.05) is 17.7 Å². The minimum atomic E-state index is -4.68. The van der Waals surface area contributed by atoms with Crippen molar-refractivity contribution in [3.05, 3.63) is 29.8 Å². The van der Waals surface area contributed by atoms with Gasteiger partial charge in [0.1, 0.15) is 0 Å². The lowest BCUT2D eigenvalue weighted by Crippen LogP contribution is -2.25. The van der Waals surface area contributed by atoms with Crippen LogP contribution in [0.25, 0.3) is 0 Å². The first-order chi connectivity index (χ1) is 10.8. The molecule has 0 aliphatic rings. The van der Waals surface area contributed by atoms with Gasteiger partial charge in [0.25, 0.3) is 0 Å². The highest BCUT2D eigenvalue weighted by Crippen LogP contribution is 2.19. The lowest BCUT2D eigenvalue weighted by atomic mass is 10.2. The number of methoxy groups -OCH3 is 1. The van der Waals surface area contributed by atoms with Gasteiger partial charge in [0.2, 0.25) is 10.9 Å². The molecule has 0 amide bonds. The predicted molar refractivity (Wildman–Crippen MR) is 88.4 cm³/mol. The van der Waals surface area contributed by atoms with Crippen LogP contribution in [0.15, 0.2) is 24.3 Å². The van der Waals surface area contributed by atoms with Gasteiger partial charge in [0, 0.05) is 20.3 Å². The fourth-order valence-electron chi connectivity index (χ4n) is 2.17. The van der Waals surface area contributed by atoms with Gasteiger partial charge in [-0.25, -0.2) is 8.42 Å². The molecule has 0 saturated heterocycles. The molecule has 0 saturated carbocycles. The summed E-state index contributed by atoms with van der Waals surface area (Å²) in [6, 6.07) is 6.92. The first kappa shape index (κ1) is 19.9. The number of thiol groups is 1. The molecule has 0 spiro atoms. The van der Waals surface area contributed by atoms with Crippen LogP contribution in [0.5, 0.6) is 0 Å². The molecule has 0 aliphatic carbocycles. The van der Waals surface area contributed by atoms with E-state index in [9.17, 15) is 20.7 Å². The van der Waals surface area contributed by atoms with Crippen LogP contribution >= 0.6 is 0 Å². The zero-order valence-electron chi connectivity index (χ0n) is 13.1. The monoisotopic (exact) mass is 367 g/mol. The molecule has 1 rings (SSSR count). The summed E-state index contributed by atoms with van der Waals surface area (Å²) in [6.45, 7) is 2.11. The molecule has 0 aliphatic heterocycles. The Morgan fingerprint density at radius 1 is 1.22 bits per heavy atom. The molecule has 0 radical (unpaired) electrons. The third kappa shape index (κ3) is 6.84. The summed E-state index contributed by atoms with van der Waals surface area (Å²) in [7, 11) is -6.12. The number of hydrogen-bond donors (Lipinski definition) is 1. The Labute approximate surface area is 138 Å². The van der Waals surface area contributed by atoms with Gasteiger partial charge < -0.3 is 4.74 Å². The maximum absolute atomic E-state index is 13.2. The van der Waals surface area contributed by atoms with Crippen molar-refractivity contribution in [2.24, 2.45) is 0 Å². The van der Waals surface area contributed by atoms with Crippen molar-refractivity contribution in [2.75, 3.05) is 24.6 Å². The van der Waals surface area contributed by atoms with Crippen molar-refractivity contribution in [3.63, 3.8) is 0 Å². The third-order valence-corrected chi connectivity index (χ3v) is 5.56. The normalized spacial score (nSPS) is 13.2. The summed E-state index contributed by atoms with van der Waals surface area (Å²) >= 11 is 0. The molecule has 0 aromatic heterocycles. The van der Waals surface area contributed by atoms with E-state index < -0.39 is 26.4 Å². The SMILES string of the molecule is COCCC(CCCN(c1ccc(C)cc1)[SH](=O)=O)S(=O)(=O)F. The van der Waals surface area contributed by atoms with E-state index in [0.29, 0.717) is 5.69 Å². The fourth-order valence-corrected chi connectivity index (χ4v) is 3.62. The van der Waals surface area contributed by atoms with Crippen LogP contribution in [-0.4, -0.2) is 42.3 Å². The maximum Gasteiger partial charge on any atom is 0.305 e. The van der Waals surface area contributed by atoms with E-state index in [2.05, 4.69) is 0 Å². The minimum Gasteiger partial charge on any atom is -0.385 e. The maximum atomic E-state index is 13.2. The predicted octanol–water partition coefficient (Wildman–Crippen LogP) is 1.81. The zero-order chi connectivity index (χ0) is 17.5. The minimum absolute atomic E-state index is 0.0354. The summed E-state index contributed by atoms with van der Waals surface area (Å²) in [5, 5.41) is -1.17. The fraction of sp³-hybridized carbons (Fsp3) is 0.571. The molecule has 0 fully saturated rings. The molecular formula is C14H22FNO5S2. The van der Waals surface area contributed by atoms with Crippen molar-refractivity contribution < 1.29 is 25.5 Å². The van der Waals surface area contributed by atoms with Crippen LogP contribution in [-0.2, 0) is 25.9 Å². The number of hydrogen-bond acceptors (Lipinski definition) is 5. The van der Waals surface area contributed by atoms with Crippen LogP contribution in [0.2, 0.25) is 0 Å². The molecular weight excluding hydrogens is 345 g/mol. The Kier molecular flexibility index (Phi) is 7.93. The van der Waals surface area contributed by atoms with Gasteiger partial charge in [0.05, 0.1) is 10.9 Å². The molecule has 1 aromatic carbocycles. The average molecular weight is 367 g/mol. The van der Waals surface area contributed by atoms with Crippen LogP contribution in [0.1, 0.15) is 24.8 Å². The second-order valence-corrected chi connectivity index (χ2v) is 7.79. The van der Waals surface area contributed by atoms with E-state index in [4.69, 9.17) is 4.74 Å². The van der Waals surface area contributed by atoms with Gasteiger partial charge in [0.15, 0.2) is 0 Å². The lowest BCUT2D eigenvalue weighted by Gasteiger charge is -2.19. The molecule has 132 valence electrons.